The molecule has 1 heterocycles. The molecular formula is C15H14F4N2OS. The molecule has 1 N–H and O–H groups in total. The summed E-state index contributed by atoms with van der Waals surface area (Å²) in [6.07, 6.45) is -2.83. The number of hydrogen-bond acceptors (Lipinski definition) is 3. The Morgan fingerprint density at radius 1 is 1.35 bits per heavy atom. The Balaban J connectivity index is 2.38. The third-order valence-corrected chi connectivity index (χ3v) is 4.57. The van der Waals surface area contributed by atoms with Crippen LogP contribution in [0.25, 0.3) is 0 Å². The summed E-state index contributed by atoms with van der Waals surface area (Å²) in [5.41, 5.74) is -2.81. The van der Waals surface area contributed by atoms with Crippen LogP contribution in [0.2, 0.25) is 0 Å². The SMILES string of the molecule is CC[C@@](C)(NC(=O)c1ccc(F)cc1C(F)(F)F)c1nccs1. The maximum atomic E-state index is 13.1. The zero-order valence-electron chi connectivity index (χ0n) is 12.4. The lowest BCUT2D eigenvalue weighted by Gasteiger charge is -2.28. The second-order valence-electron chi connectivity index (χ2n) is 5.16. The molecule has 1 aromatic heterocycles. The number of rotatable bonds is 4. The van der Waals surface area contributed by atoms with E-state index in [1.807, 2.05) is 0 Å². The van der Waals surface area contributed by atoms with E-state index >= 15 is 0 Å². The van der Waals surface area contributed by atoms with Gasteiger partial charge in [0.2, 0.25) is 0 Å². The highest BCUT2D eigenvalue weighted by Gasteiger charge is 2.37. The summed E-state index contributed by atoms with van der Waals surface area (Å²) in [5.74, 6) is -1.97. The second kappa shape index (κ2) is 6.27. The van der Waals surface area contributed by atoms with Crippen LogP contribution in [0.5, 0.6) is 0 Å². The van der Waals surface area contributed by atoms with Crippen LogP contribution in [0.3, 0.4) is 0 Å². The van der Waals surface area contributed by atoms with E-state index in [0.717, 1.165) is 12.1 Å². The molecule has 0 saturated carbocycles. The lowest BCUT2D eigenvalue weighted by atomic mass is 9.98. The normalized spacial score (nSPS) is 14.3. The minimum Gasteiger partial charge on any atom is -0.340 e. The van der Waals surface area contributed by atoms with Gasteiger partial charge in [-0.2, -0.15) is 13.2 Å². The first kappa shape index (κ1) is 17.4. The van der Waals surface area contributed by atoms with Crippen molar-refractivity contribution < 1.29 is 22.4 Å². The smallest absolute Gasteiger partial charge is 0.340 e. The van der Waals surface area contributed by atoms with Crippen molar-refractivity contribution in [2.24, 2.45) is 0 Å². The monoisotopic (exact) mass is 346 g/mol. The van der Waals surface area contributed by atoms with Crippen LogP contribution in [0.1, 0.15) is 41.2 Å². The molecular weight excluding hydrogens is 332 g/mol. The van der Waals surface area contributed by atoms with Crippen molar-refractivity contribution in [2.45, 2.75) is 32.0 Å². The Bertz CT molecular complexity index is 700. The van der Waals surface area contributed by atoms with Crippen LogP contribution in [-0.4, -0.2) is 10.9 Å². The van der Waals surface area contributed by atoms with Crippen LogP contribution in [0.4, 0.5) is 17.6 Å². The molecule has 0 aliphatic rings. The van der Waals surface area contributed by atoms with Crippen molar-refractivity contribution in [3.63, 3.8) is 0 Å². The topological polar surface area (TPSA) is 42.0 Å². The molecule has 0 unspecified atom stereocenters. The fourth-order valence-corrected chi connectivity index (χ4v) is 2.88. The van der Waals surface area contributed by atoms with E-state index in [9.17, 15) is 22.4 Å². The van der Waals surface area contributed by atoms with Gasteiger partial charge in [-0.1, -0.05) is 6.92 Å². The number of nitrogens with one attached hydrogen (secondary N) is 1. The predicted molar refractivity (Wildman–Crippen MR) is 78.6 cm³/mol. The molecule has 0 aliphatic heterocycles. The van der Waals surface area contributed by atoms with E-state index in [-0.39, 0.29) is 0 Å². The predicted octanol–water partition coefficient (Wildman–Crippen LogP) is 4.36. The van der Waals surface area contributed by atoms with Crippen molar-refractivity contribution in [2.75, 3.05) is 0 Å². The number of alkyl halides is 3. The second-order valence-corrected chi connectivity index (χ2v) is 6.06. The first-order chi connectivity index (χ1) is 10.7. The summed E-state index contributed by atoms with van der Waals surface area (Å²) >= 11 is 1.30. The van der Waals surface area contributed by atoms with E-state index in [0.29, 0.717) is 17.5 Å². The largest absolute Gasteiger partial charge is 0.417 e. The number of benzene rings is 1. The summed E-state index contributed by atoms with van der Waals surface area (Å²) in [6.45, 7) is 3.47. The van der Waals surface area contributed by atoms with Gasteiger partial charge >= 0.3 is 6.18 Å². The maximum absolute atomic E-state index is 13.1. The molecule has 0 aliphatic carbocycles. The Hall–Kier alpha value is -1.96. The maximum Gasteiger partial charge on any atom is 0.417 e. The molecule has 0 bridgehead atoms. The first-order valence-electron chi connectivity index (χ1n) is 6.76. The number of halogens is 4. The third kappa shape index (κ3) is 3.69. The number of carbonyl (C=O) groups excluding carboxylic acids is 1. The molecule has 1 atom stereocenters. The number of carbonyl (C=O) groups is 1. The fraction of sp³-hybridized carbons (Fsp3) is 0.333. The van der Waals surface area contributed by atoms with Crippen molar-refractivity contribution >= 4 is 17.2 Å². The highest BCUT2D eigenvalue weighted by atomic mass is 32.1. The van der Waals surface area contributed by atoms with Crippen LogP contribution >= 0.6 is 11.3 Å². The van der Waals surface area contributed by atoms with E-state index < -0.39 is 34.6 Å². The standard InChI is InChI=1S/C15H14F4N2OS/c1-3-14(2,13-20-6-7-23-13)21-12(22)10-5-4-9(16)8-11(10)15(17,18)19/h4-8H,3H2,1-2H3,(H,21,22)/t14-/m1/s1. The van der Waals surface area contributed by atoms with Gasteiger partial charge in [0.05, 0.1) is 16.7 Å². The summed E-state index contributed by atoms with van der Waals surface area (Å²) in [4.78, 5) is 16.4. The molecule has 2 aromatic rings. The zero-order valence-corrected chi connectivity index (χ0v) is 13.2. The van der Waals surface area contributed by atoms with Gasteiger partial charge in [0.25, 0.3) is 5.91 Å². The van der Waals surface area contributed by atoms with Gasteiger partial charge in [-0.25, -0.2) is 9.37 Å². The van der Waals surface area contributed by atoms with Crippen LogP contribution in [0.15, 0.2) is 29.8 Å². The van der Waals surface area contributed by atoms with Crippen LogP contribution in [0, 0.1) is 5.82 Å². The van der Waals surface area contributed by atoms with E-state index in [1.54, 1.807) is 25.4 Å². The Morgan fingerprint density at radius 3 is 2.57 bits per heavy atom. The summed E-state index contributed by atoms with van der Waals surface area (Å²) in [6, 6.07) is 1.99. The molecule has 124 valence electrons. The minimum atomic E-state index is -4.82. The van der Waals surface area contributed by atoms with Crippen LogP contribution < -0.4 is 5.32 Å². The van der Waals surface area contributed by atoms with Gasteiger partial charge in [0, 0.05) is 11.6 Å². The minimum absolute atomic E-state index is 0.321. The molecule has 0 spiro atoms. The van der Waals surface area contributed by atoms with Gasteiger partial charge in [-0.05, 0) is 31.5 Å². The van der Waals surface area contributed by atoms with Crippen molar-refractivity contribution in [3.8, 4) is 0 Å². The molecule has 0 fully saturated rings. The molecule has 3 nitrogen and oxygen atoms in total. The Morgan fingerprint density at radius 2 is 2.04 bits per heavy atom. The lowest BCUT2D eigenvalue weighted by molar-refractivity contribution is -0.138. The summed E-state index contributed by atoms with van der Waals surface area (Å²) < 4.78 is 52.2. The Kier molecular flexibility index (Phi) is 4.74. The quantitative estimate of drug-likeness (QED) is 0.836. The number of nitrogens with zero attached hydrogens (tertiary/aromatic N) is 1. The highest BCUT2D eigenvalue weighted by molar-refractivity contribution is 7.09. The van der Waals surface area contributed by atoms with E-state index in [1.165, 1.54) is 11.3 Å². The fourth-order valence-electron chi connectivity index (χ4n) is 2.06. The van der Waals surface area contributed by atoms with Gasteiger partial charge in [-0.3, -0.25) is 4.79 Å². The number of hydrogen-bond donors (Lipinski definition) is 1. The average Bonchev–Trinajstić information content (AvgIpc) is 3.00. The van der Waals surface area contributed by atoms with Gasteiger partial charge in [-0.15, -0.1) is 11.3 Å². The summed E-state index contributed by atoms with van der Waals surface area (Å²) in [7, 11) is 0. The van der Waals surface area contributed by atoms with Gasteiger partial charge in [0.15, 0.2) is 0 Å². The molecule has 2 rings (SSSR count). The molecule has 8 heteroatoms. The third-order valence-electron chi connectivity index (χ3n) is 3.53. The van der Waals surface area contributed by atoms with E-state index in [4.69, 9.17) is 0 Å². The molecule has 1 amide bonds. The lowest BCUT2D eigenvalue weighted by Crippen LogP contribution is -2.43. The average molecular weight is 346 g/mol. The van der Waals surface area contributed by atoms with Crippen LogP contribution in [-0.2, 0) is 11.7 Å². The highest BCUT2D eigenvalue weighted by Crippen LogP contribution is 2.33. The Labute approximate surface area is 134 Å². The molecule has 23 heavy (non-hydrogen) atoms. The number of amides is 1. The molecule has 0 radical (unpaired) electrons. The van der Waals surface area contributed by atoms with E-state index in [2.05, 4.69) is 10.3 Å². The molecule has 1 aromatic carbocycles. The van der Waals surface area contributed by atoms with Crippen molar-refractivity contribution in [1.82, 2.24) is 10.3 Å². The van der Waals surface area contributed by atoms with Gasteiger partial charge in [0.1, 0.15) is 10.8 Å². The summed E-state index contributed by atoms with van der Waals surface area (Å²) in [5, 5.41) is 4.88. The zero-order chi connectivity index (χ0) is 17.3. The first-order valence-corrected chi connectivity index (χ1v) is 7.64. The number of aromatic nitrogens is 1. The van der Waals surface area contributed by atoms with Crippen molar-refractivity contribution in [1.29, 1.82) is 0 Å². The van der Waals surface area contributed by atoms with Gasteiger partial charge < -0.3 is 5.32 Å². The number of thiazole rings is 1. The molecule has 0 saturated heterocycles. The van der Waals surface area contributed by atoms with Crippen molar-refractivity contribution in [3.05, 3.63) is 51.7 Å².